The van der Waals surface area contributed by atoms with Gasteiger partial charge in [-0.2, -0.15) is 0 Å². The van der Waals surface area contributed by atoms with Crippen molar-refractivity contribution >= 4 is 0 Å². The summed E-state index contributed by atoms with van der Waals surface area (Å²) in [6.07, 6.45) is 13.0. The van der Waals surface area contributed by atoms with Gasteiger partial charge in [-0.3, -0.25) is 0 Å². The van der Waals surface area contributed by atoms with Crippen LogP contribution in [-0.2, 0) is 0 Å². The molecule has 1 rings (SSSR count). The molecule has 14 heavy (non-hydrogen) atoms. The molecule has 0 aromatic rings. The molecule has 0 saturated heterocycles. The largest absolute Gasteiger partial charge is 0.393 e. The third kappa shape index (κ3) is 4.28. The van der Waals surface area contributed by atoms with Crippen LogP contribution in [0, 0.1) is 5.92 Å². The summed E-state index contributed by atoms with van der Waals surface area (Å²) in [5.74, 6) is 0.620. The van der Waals surface area contributed by atoms with Crippen LogP contribution in [0.4, 0.5) is 0 Å². The monoisotopic (exact) mass is 196 g/mol. The summed E-state index contributed by atoms with van der Waals surface area (Å²) in [5.41, 5.74) is 0. The Morgan fingerprint density at radius 2 is 1.93 bits per heavy atom. The molecule has 1 nitrogen and oxygen atoms in total. The Morgan fingerprint density at radius 3 is 2.57 bits per heavy atom. The zero-order chi connectivity index (χ0) is 10.2. The van der Waals surface area contributed by atoms with Crippen molar-refractivity contribution < 1.29 is 5.11 Å². The molecule has 1 atom stereocenters. The van der Waals surface area contributed by atoms with Crippen LogP contribution in [0.1, 0.15) is 57.8 Å². The molecule has 1 N–H and O–H groups in total. The molecule has 1 heteroatoms. The Bertz CT molecular complexity index is 147. The molecule has 1 aliphatic carbocycles. The van der Waals surface area contributed by atoms with E-state index in [0.717, 1.165) is 12.8 Å². The molecular formula is C13H24O. The summed E-state index contributed by atoms with van der Waals surface area (Å²) in [6, 6.07) is 0. The maximum Gasteiger partial charge on any atom is 0.0568 e. The molecule has 82 valence electrons. The molecule has 0 aromatic carbocycles. The fraction of sp³-hybridized carbons (Fsp3) is 0.846. The number of unbranched alkanes of at least 4 members (excludes halogenated alkanes) is 3. The van der Waals surface area contributed by atoms with Gasteiger partial charge in [0.15, 0.2) is 0 Å². The lowest BCUT2D eigenvalue weighted by atomic mass is 9.96. The predicted molar refractivity (Wildman–Crippen MR) is 61.2 cm³/mol. The standard InChI is InChI=1S/C13H24O/c1-2-3-4-5-6-11-13(14)12-9-7-8-10-12/h2,12-14H,1,3-11H2. The summed E-state index contributed by atoms with van der Waals surface area (Å²) < 4.78 is 0. The van der Waals surface area contributed by atoms with E-state index in [9.17, 15) is 5.11 Å². The topological polar surface area (TPSA) is 20.2 Å². The Hall–Kier alpha value is -0.300. The average molecular weight is 196 g/mol. The second kappa shape index (κ2) is 7.05. The van der Waals surface area contributed by atoms with E-state index in [0.29, 0.717) is 5.92 Å². The van der Waals surface area contributed by atoms with E-state index in [2.05, 4.69) is 6.58 Å². The second-order valence-corrected chi connectivity index (χ2v) is 4.54. The molecule has 0 bridgehead atoms. The maximum atomic E-state index is 9.89. The van der Waals surface area contributed by atoms with Crippen molar-refractivity contribution in [1.29, 1.82) is 0 Å². The SMILES string of the molecule is C=CCCCCCC(O)C1CCCC1. The Labute approximate surface area is 88.2 Å². The van der Waals surface area contributed by atoms with Gasteiger partial charge in [-0.05, 0) is 38.0 Å². The van der Waals surface area contributed by atoms with Gasteiger partial charge in [-0.15, -0.1) is 6.58 Å². The van der Waals surface area contributed by atoms with Crippen molar-refractivity contribution in [1.82, 2.24) is 0 Å². The molecule has 0 spiro atoms. The van der Waals surface area contributed by atoms with Crippen LogP contribution in [0.25, 0.3) is 0 Å². The van der Waals surface area contributed by atoms with Crippen molar-refractivity contribution in [3.63, 3.8) is 0 Å². The number of hydrogen-bond acceptors (Lipinski definition) is 1. The smallest absolute Gasteiger partial charge is 0.0568 e. The quantitative estimate of drug-likeness (QED) is 0.486. The van der Waals surface area contributed by atoms with E-state index in [1.54, 1.807) is 0 Å². The predicted octanol–water partition coefficient (Wildman–Crippen LogP) is 3.67. The summed E-state index contributed by atoms with van der Waals surface area (Å²) in [7, 11) is 0. The third-order valence-corrected chi connectivity index (χ3v) is 3.35. The van der Waals surface area contributed by atoms with Gasteiger partial charge in [0.1, 0.15) is 0 Å². The van der Waals surface area contributed by atoms with Crippen LogP contribution in [-0.4, -0.2) is 11.2 Å². The van der Waals surface area contributed by atoms with Crippen LogP contribution in [0.2, 0.25) is 0 Å². The van der Waals surface area contributed by atoms with Gasteiger partial charge >= 0.3 is 0 Å². The molecule has 0 aromatic heterocycles. The number of hydrogen-bond donors (Lipinski definition) is 1. The van der Waals surface area contributed by atoms with Gasteiger partial charge < -0.3 is 5.11 Å². The molecule has 0 radical (unpaired) electrons. The average Bonchev–Trinajstić information content (AvgIpc) is 2.70. The zero-order valence-electron chi connectivity index (χ0n) is 9.25. The minimum atomic E-state index is -0.0127. The van der Waals surface area contributed by atoms with Crippen LogP contribution >= 0.6 is 0 Å². The Morgan fingerprint density at radius 1 is 1.21 bits per heavy atom. The molecule has 0 heterocycles. The first-order chi connectivity index (χ1) is 6.84. The highest BCUT2D eigenvalue weighted by atomic mass is 16.3. The van der Waals surface area contributed by atoms with E-state index in [-0.39, 0.29) is 6.10 Å². The lowest BCUT2D eigenvalue weighted by molar-refractivity contribution is 0.0990. The van der Waals surface area contributed by atoms with Gasteiger partial charge in [0.2, 0.25) is 0 Å². The van der Waals surface area contributed by atoms with Gasteiger partial charge in [-0.1, -0.05) is 31.8 Å². The molecule has 1 saturated carbocycles. The highest BCUT2D eigenvalue weighted by molar-refractivity contribution is 4.74. The highest BCUT2D eigenvalue weighted by Gasteiger charge is 2.22. The lowest BCUT2D eigenvalue weighted by Crippen LogP contribution is -2.17. The molecule has 1 fully saturated rings. The zero-order valence-corrected chi connectivity index (χ0v) is 9.25. The molecule has 1 unspecified atom stereocenters. The van der Waals surface area contributed by atoms with Crippen LogP contribution in [0.5, 0.6) is 0 Å². The summed E-state index contributed by atoms with van der Waals surface area (Å²) in [4.78, 5) is 0. The fourth-order valence-corrected chi connectivity index (χ4v) is 2.40. The van der Waals surface area contributed by atoms with Gasteiger partial charge in [0.05, 0.1) is 6.10 Å². The Balaban J connectivity index is 1.96. The van der Waals surface area contributed by atoms with Crippen molar-refractivity contribution in [2.75, 3.05) is 0 Å². The van der Waals surface area contributed by atoms with Gasteiger partial charge in [0, 0.05) is 0 Å². The number of allylic oxidation sites excluding steroid dienone is 1. The Kier molecular flexibility index (Phi) is 5.93. The van der Waals surface area contributed by atoms with E-state index < -0.39 is 0 Å². The van der Waals surface area contributed by atoms with Crippen molar-refractivity contribution in [2.24, 2.45) is 5.92 Å². The number of aliphatic hydroxyl groups excluding tert-OH is 1. The van der Waals surface area contributed by atoms with E-state index in [4.69, 9.17) is 0 Å². The van der Waals surface area contributed by atoms with Crippen molar-refractivity contribution in [3.05, 3.63) is 12.7 Å². The summed E-state index contributed by atoms with van der Waals surface area (Å²) in [5, 5.41) is 9.89. The first-order valence-corrected chi connectivity index (χ1v) is 6.13. The first-order valence-electron chi connectivity index (χ1n) is 6.13. The molecule has 0 aliphatic heterocycles. The molecular weight excluding hydrogens is 172 g/mol. The maximum absolute atomic E-state index is 9.89. The number of aliphatic hydroxyl groups is 1. The summed E-state index contributed by atoms with van der Waals surface area (Å²) in [6.45, 7) is 3.71. The molecule has 0 amide bonds. The minimum absolute atomic E-state index is 0.0127. The van der Waals surface area contributed by atoms with E-state index in [1.165, 1.54) is 44.9 Å². The van der Waals surface area contributed by atoms with Crippen molar-refractivity contribution in [3.8, 4) is 0 Å². The van der Waals surface area contributed by atoms with Crippen LogP contribution in [0.3, 0.4) is 0 Å². The summed E-state index contributed by atoms with van der Waals surface area (Å²) >= 11 is 0. The number of rotatable bonds is 7. The first kappa shape index (κ1) is 11.8. The van der Waals surface area contributed by atoms with Crippen LogP contribution < -0.4 is 0 Å². The van der Waals surface area contributed by atoms with E-state index >= 15 is 0 Å². The normalized spacial score (nSPS) is 19.8. The fourth-order valence-electron chi connectivity index (χ4n) is 2.40. The third-order valence-electron chi connectivity index (χ3n) is 3.35. The lowest BCUT2D eigenvalue weighted by Gasteiger charge is -2.17. The van der Waals surface area contributed by atoms with E-state index in [1.807, 2.05) is 6.08 Å². The molecule has 1 aliphatic rings. The highest BCUT2D eigenvalue weighted by Crippen LogP contribution is 2.29. The van der Waals surface area contributed by atoms with Crippen LogP contribution in [0.15, 0.2) is 12.7 Å². The van der Waals surface area contributed by atoms with Gasteiger partial charge in [0.25, 0.3) is 0 Å². The minimum Gasteiger partial charge on any atom is -0.393 e. The van der Waals surface area contributed by atoms with Gasteiger partial charge in [-0.25, -0.2) is 0 Å². The second-order valence-electron chi connectivity index (χ2n) is 4.54. The van der Waals surface area contributed by atoms with Crippen molar-refractivity contribution in [2.45, 2.75) is 63.9 Å².